The van der Waals surface area contributed by atoms with Crippen LogP contribution in [0.5, 0.6) is 0 Å². The van der Waals surface area contributed by atoms with Gasteiger partial charge in [0.25, 0.3) is 0 Å². The van der Waals surface area contributed by atoms with E-state index < -0.39 is 10.0 Å². The number of pyridine rings is 1. The molecule has 1 atom stereocenters. The van der Waals surface area contributed by atoms with Crippen LogP contribution in [-0.4, -0.2) is 49.1 Å². The van der Waals surface area contributed by atoms with Crippen LogP contribution in [0.3, 0.4) is 0 Å². The monoisotopic (exact) mass is 394 g/mol. The molecule has 2 amide bonds. The van der Waals surface area contributed by atoms with E-state index in [1.165, 1.54) is 15.4 Å². The first kappa shape index (κ1) is 18.8. The van der Waals surface area contributed by atoms with E-state index in [0.717, 1.165) is 23.4 Å². The van der Waals surface area contributed by atoms with Gasteiger partial charge in [-0.1, -0.05) is 0 Å². The molecule has 1 aliphatic heterocycles. The van der Waals surface area contributed by atoms with Gasteiger partial charge in [0.1, 0.15) is 5.69 Å². The van der Waals surface area contributed by atoms with Gasteiger partial charge in [-0.3, -0.25) is 4.98 Å². The molecule has 0 aromatic carbocycles. The molecule has 26 heavy (non-hydrogen) atoms. The summed E-state index contributed by atoms with van der Waals surface area (Å²) in [5.74, 6) is 0. The number of urea groups is 1. The fraction of sp³-hybridized carbons (Fsp3) is 0.412. The zero-order valence-corrected chi connectivity index (χ0v) is 16.4. The van der Waals surface area contributed by atoms with Gasteiger partial charge in [0.05, 0.1) is 16.8 Å². The molecule has 3 heterocycles. The molecule has 2 aromatic rings. The SMILES string of the molecule is Cc1ccc(-c2ncccc2NC(=O)NC[C@H]2CCCN2S(C)(=O)=O)s1. The van der Waals surface area contributed by atoms with Gasteiger partial charge in [-0.2, -0.15) is 4.31 Å². The number of carbonyl (C=O) groups excluding carboxylic acids is 1. The number of hydrogen-bond acceptors (Lipinski definition) is 5. The number of thiophene rings is 1. The molecular weight excluding hydrogens is 372 g/mol. The highest BCUT2D eigenvalue weighted by atomic mass is 32.2. The van der Waals surface area contributed by atoms with Crippen LogP contribution >= 0.6 is 11.3 Å². The zero-order chi connectivity index (χ0) is 18.7. The lowest BCUT2D eigenvalue weighted by atomic mass is 10.2. The fourth-order valence-electron chi connectivity index (χ4n) is 3.09. The number of amides is 2. The standard InChI is InChI=1S/C17H22N4O3S2/c1-12-7-8-15(25-12)16-14(6-3-9-18-16)20-17(22)19-11-13-5-4-10-21(13)26(2,23)24/h3,6-9,13H,4-5,10-11H2,1-2H3,(H2,19,20,22)/t13-/m1/s1. The number of nitrogens with one attached hydrogen (secondary N) is 2. The van der Waals surface area contributed by atoms with Gasteiger partial charge in [-0.15, -0.1) is 11.3 Å². The Kier molecular flexibility index (Phi) is 5.59. The van der Waals surface area contributed by atoms with Crippen LogP contribution in [0.2, 0.25) is 0 Å². The molecule has 140 valence electrons. The first-order valence-corrected chi connectivity index (χ1v) is 11.0. The minimum absolute atomic E-state index is 0.191. The van der Waals surface area contributed by atoms with E-state index in [1.54, 1.807) is 29.7 Å². The molecule has 2 N–H and O–H groups in total. The fourth-order valence-corrected chi connectivity index (χ4v) is 5.15. The number of nitrogens with zero attached hydrogens (tertiary/aromatic N) is 2. The summed E-state index contributed by atoms with van der Waals surface area (Å²) in [6.07, 6.45) is 4.46. The number of anilines is 1. The number of rotatable bonds is 5. The minimum atomic E-state index is -3.25. The van der Waals surface area contributed by atoms with Gasteiger partial charge in [-0.05, 0) is 44.0 Å². The second-order valence-electron chi connectivity index (χ2n) is 6.31. The van der Waals surface area contributed by atoms with Crippen LogP contribution in [0.25, 0.3) is 10.6 Å². The van der Waals surface area contributed by atoms with Gasteiger partial charge in [0.2, 0.25) is 10.0 Å². The molecule has 1 fully saturated rings. The van der Waals surface area contributed by atoms with Crippen molar-refractivity contribution in [3.63, 3.8) is 0 Å². The Labute approximate surface area is 157 Å². The number of carbonyl (C=O) groups is 1. The van der Waals surface area contributed by atoms with Crippen molar-refractivity contribution in [3.05, 3.63) is 35.3 Å². The van der Waals surface area contributed by atoms with Crippen LogP contribution in [0, 0.1) is 6.92 Å². The van der Waals surface area contributed by atoms with E-state index in [-0.39, 0.29) is 18.6 Å². The third-order valence-corrected chi connectivity index (χ3v) is 6.62. The summed E-state index contributed by atoms with van der Waals surface area (Å²) in [6.45, 7) is 2.82. The quantitative estimate of drug-likeness (QED) is 0.816. The molecule has 1 saturated heterocycles. The van der Waals surface area contributed by atoms with Crippen molar-refractivity contribution in [2.75, 3.05) is 24.7 Å². The molecule has 3 rings (SSSR count). The summed E-state index contributed by atoms with van der Waals surface area (Å²) in [4.78, 5) is 18.8. The molecule has 0 saturated carbocycles. The molecule has 7 nitrogen and oxygen atoms in total. The second kappa shape index (κ2) is 7.73. The van der Waals surface area contributed by atoms with Crippen molar-refractivity contribution in [2.45, 2.75) is 25.8 Å². The van der Waals surface area contributed by atoms with E-state index >= 15 is 0 Å². The van der Waals surface area contributed by atoms with Crippen molar-refractivity contribution in [1.29, 1.82) is 0 Å². The molecule has 0 aliphatic carbocycles. The summed E-state index contributed by atoms with van der Waals surface area (Å²) >= 11 is 1.61. The highest BCUT2D eigenvalue weighted by molar-refractivity contribution is 7.88. The van der Waals surface area contributed by atoms with Crippen molar-refractivity contribution in [3.8, 4) is 10.6 Å². The third-order valence-electron chi connectivity index (χ3n) is 4.28. The normalized spacial score (nSPS) is 18.0. The van der Waals surface area contributed by atoms with E-state index in [9.17, 15) is 13.2 Å². The van der Waals surface area contributed by atoms with Crippen LogP contribution in [0.4, 0.5) is 10.5 Å². The smallest absolute Gasteiger partial charge is 0.319 e. The van der Waals surface area contributed by atoms with E-state index in [1.807, 2.05) is 19.1 Å². The summed E-state index contributed by atoms with van der Waals surface area (Å²) in [7, 11) is -3.25. The largest absolute Gasteiger partial charge is 0.336 e. The summed E-state index contributed by atoms with van der Waals surface area (Å²) < 4.78 is 25.0. The number of aryl methyl sites for hydroxylation is 1. The van der Waals surface area contributed by atoms with Crippen molar-refractivity contribution < 1.29 is 13.2 Å². The highest BCUT2D eigenvalue weighted by Crippen LogP contribution is 2.31. The van der Waals surface area contributed by atoms with Crippen LogP contribution in [-0.2, 0) is 10.0 Å². The lowest BCUT2D eigenvalue weighted by Gasteiger charge is -2.22. The molecule has 2 aromatic heterocycles. The van der Waals surface area contributed by atoms with Gasteiger partial charge in [-0.25, -0.2) is 13.2 Å². The van der Waals surface area contributed by atoms with Gasteiger partial charge in [0.15, 0.2) is 0 Å². The summed E-state index contributed by atoms with van der Waals surface area (Å²) in [6, 6.07) is 7.00. The molecule has 1 aliphatic rings. The average molecular weight is 395 g/mol. The molecule has 9 heteroatoms. The van der Waals surface area contributed by atoms with E-state index in [0.29, 0.717) is 12.2 Å². The Hall–Kier alpha value is -1.97. The molecule has 0 spiro atoms. The Balaban J connectivity index is 1.64. The van der Waals surface area contributed by atoms with Crippen molar-refractivity contribution in [2.24, 2.45) is 0 Å². The molecule has 0 bridgehead atoms. The van der Waals surface area contributed by atoms with E-state index in [4.69, 9.17) is 0 Å². The van der Waals surface area contributed by atoms with Gasteiger partial charge in [0, 0.05) is 30.2 Å². The van der Waals surface area contributed by atoms with Crippen LogP contribution in [0.15, 0.2) is 30.5 Å². The molecule has 0 radical (unpaired) electrons. The minimum Gasteiger partial charge on any atom is -0.336 e. The molecular formula is C17H22N4O3S2. The summed E-state index contributed by atoms with van der Waals surface area (Å²) in [5, 5.41) is 5.60. The summed E-state index contributed by atoms with van der Waals surface area (Å²) in [5.41, 5.74) is 1.35. The second-order valence-corrected chi connectivity index (χ2v) is 9.54. The van der Waals surface area contributed by atoms with Crippen LogP contribution in [0.1, 0.15) is 17.7 Å². The third kappa shape index (κ3) is 4.40. The van der Waals surface area contributed by atoms with Gasteiger partial charge >= 0.3 is 6.03 Å². The lowest BCUT2D eigenvalue weighted by Crippen LogP contribution is -2.43. The predicted molar refractivity (Wildman–Crippen MR) is 104 cm³/mol. The Morgan fingerprint density at radius 1 is 1.38 bits per heavy atom. The van der Waals surface area contributed by atoms with Crippen molar-refractivity contribution >= 4 is 33.1 Å². The lowest BCUT2D eigenvalue weighted by molar-refractivity contribution is 0.249. The predicted octanol–water partition coefficient (Wildman–Crippen LogP) is 2.66. The highest BCUT2D eigenvalue weighted by Gasteiger charge is 2.31. The Morgan fingerprint density at radius 2 is 2.19 bits per heavy atom. The number of hydrogen-bond donors (Lipinski definition) is 2. The number of sulfonamides is 1. The van der Waals surface area contributed by atoms with E-state index in [2.05, 4.69) is 15.6 Å². The maximum atomic E-state index is 12.3. The zero-order valence-electron chi connectivity index (χ0n) is 14.7. The topological polar surface area (TPSA) is 91.4 Å². The Morgan fingerprint density at radius 3 is 2.88 bits per heavy atom. The maximum Gasteiger partial charge on any atom is 0.319 e. The maximum absolute atomic E-state index is 12.3. The Bertz CT molecular complexity index is 895. The van der Waals surface area contributed by atoms with Crippen LogP contribution < -0.4 is 10.6 Å². The first-order valence-electron chi connectivity index (χ1n) is 8.38. The number of aromatic nitrogens is 1. The molecule has 0 unspecified atom stereocenters. The van der Waals surface area contributed by atoms with Crippen molar-refractivity contribution in [1.82, 2.24) is 14.6 Å². The first-order chi connectivity index (χ1) is 12.3. The van der Waals surface area contributed by atoms with Gasteiger partial charge < -0.3 is 10.6 Å². The average Bonchev–Trinajstić information content (AvgIpc) is 3.22.